The molecular weight excluding hydrogens is 290 g/mol. The maximum absolute atomic E-state index is 12.4. The molecule has 2 amide bonds. The van der Waals surface area contributed by atoms with Gasteiger partial charge in [0.2, 0.25) is 0 Å². The summed E-state index contributed by atoms with van der Waals surface area (Å²) in [7, 11) is 0. The summed E-state index contributed by atoms with van der Waals surface area (Å²) in [5.41, 5.74) is 0.709. The van der Waals surface area contributed by atoms with E-state index in [-0.39, 0.29) is 6.03 Å². The first-order valence-electron chi connectivity index (χ1n) is 8.40. The Morgan fingerprint density at radius 1 is 1.26 bits per heavy atom. The summed E-state index contributed by atoms with van der Waals surface area (Å²) in [6, 6.07) is 7.98. The van der Waals surface area contributed by atoms with Crippen LogP contribution < -0.4 is 10.1 Å². The number of urea groups is 1. The Labute approximate surface area is 137 Å². The van der Waals surface area contributed by atoms with Gasteiger partial charge in [-0.15, -0.1) is 0 Å². The van der Waals surface area contributed by atoms with Crippen molar-refractivity contribution in [3.63, 3.8) is 0 Å². The van der Waals surface area contributed by atoms with Gasteiger partial charge in [0.15, 0.2) is 0 Å². The Bertz CT molecular complexity index is 549. The number of likely N-dealkylation sites (tertiary alicyclic amines) is 2. The highest BCUT2D eigenvalue weighted by Gasteiger charge is 2.35. The first kappa shape index (κ1) is 15.9. The Morgan fingerprint density at radius 3 is 2.74 bits per heavy atom. The lowest BCUT2D eigenvalue weighted by atomic mass is 10.0. The van der Waals surface area contributed by atoms with Gasteiger partial charge in [-0.2, -0.15) is 0 Å². The molecule has 0 bridgehead atoms. The Kier molecular flexibility index (Phi) is 5.18. The molecule has 0 aromatic heterocycles. The topological polar surface area (TPSA) is 44.8 Å². The SMILES string of the molecule is C=CCOc1ccccc1NC(=O)N1CC(N2CCCCC2)C1. The van der Waals surface area contributed by atoms with E-state index in [0.29, 0.717) is 24.1 Å². The minimum atomic E-state index is -0.0482. The average Bonchev–Trinajstić information content (AvgIpc) is 2.54. The highest BCUT2D eigenvalue weighted by Crippen LogP contribution is 2.26. The van der Waals surface area contributed by atoms with Crippen molar-refractivity contribution in [2.75, 3.05) is 38.1 Å². The monoisotopic (exact) mass is 315 g/mol. The van der Waals surface area contributed by atoms with E-state index < -0.39 is 0 Å². The molecule has 0 atom stereocenters. The molecule has 0 aliphatic carbocycles. The zero-order valence-electron chi connectivity index (χ0n) is 13.5. The largest absolute Gasteiger partial charge is 0.487 e. The molecule has 2 aliphatic heterocycles. The van der Waals surface area contributed by atoms with E-state index in [1.165, 1.54) is 32.4 Å². The summed E-state index contributed by atoms with van der Waals surface area (Å²) in [4.78, 5) is 16.8. The van der Waals surface area contributed by atoms with Gasteiger partial charge in [0.25, 0.3) is 0 Å². The van der Waals surface area contributed by atoms with Gasteiger partial charge in [-0.25, -0.2) is 4.79 Å². The lowest BCUT2D eigenvalue weighted by Gasteiger charge is -2.46. The summed E-state index contributed by atoms with van der Waals surface area (Å²) in [6.45, 7) is 8.07. The molecule has 1 aromatic rings. The van der Waals surface area contributed by atoms with Gasteiger partial charge in [-0.1, -0.05) is 31.2 Å². The standard InChI is InChI=1S/C18H25N3O2/c1-2-12-23-17-9-5-4-8-16(17)19-18(22)21-13-15(14-21)20-10-6-3-7-11-20/h2,4-5,8-9,15H,1,3,6-7,10-14H2,(H,19,22). The number of hydrogen-bond donors (Lipinski definition) is 1. The molecule has 0 spiro atoms. The van der Waals surface area contributed by atoms with Gasteiger partial charge in [0.05, 0.1) is 5.69 Å². The number of hydrogen-bond acceptors (Lipinski definition) is 3. The molecule has 2 fully saturated rings. The fourth-order valence-corrected chi connectivity index (χ4v) is 3.17. The fraction of sp³-hybridized carbons (Fsp3) is 0.500. The number of amides is 2. The minimum absolute atomic E-state index is 0.0482. The third-order valence-electron chi connectivity index (χ3n) is 4.54. The number of carbonyl (C=O) groups is 1. The molecular formula is C18H25N3O2. The van der Waals surface area contributed by atoms with E-state index in [4.69, 9.17) is 4.74 Å². The number of carbonyl (C=O) groups excluding carboxylic acids is 1. The number of anilines is 1. The van der Waals surface area contributed by atoms with Crippen LogP contribution in [0.2, 0.25) is 0 Å². The molecule has 1 N–H and O–H groups in total. The van der Waals surface area contributed by atoms with Gasteiger partial charge < -0.3 is 15.0 Å². The van der Waals surface area contributed by atoms with E-state index in [9.17, 15) is 4.79 Å². The molecule has 5 heteroatoms. The van der Waals surface area contributed by atoms with Crippen LogP contribution in [0.3, 0.4) is 0 Å². The first-order chi connectivity index (χ1) is 11.3. The van der Waals surface area contributed by atoms with E-state index in [0.717, 1.165) is 13.1 Å². The highest BCUT2D eigenvalue weighted by atomic mass is 16.5. The van der Waals surface area contributed by atoms with Crippen LogP contribution in [-0.4, -0.2) is 54.7 Å². The second-order valence-corrected chi connectivity index (χ2v) is 6.18. The maximum Gasteiger partial charge on any atom is 0.322 e. The molecule has 0 unspecified atom stereocenters. The van der Waals surface area contributed by atoms with Crippen LogP contribution >= 0.6 is 0 Å². The number of benzene rings is 1. The van der Waals surface area contributed by atoms with E-state index in [1.807, 2.05) is 29.2 Å². The third-order valence-corrected chi connectivity index (χ3v) is 4.54. The third kappa shape index (κ3) is 3.85. The van der Waals surface area contributed by atoms with Crippen molar-refractivity contribution in [1.82, 2.24) is 9.80 Å². The summed E-state index contributed by atoms with van der Waals surface area (Å²) in [6.07, 6.45) is 5.61. The van der Waals surface area contributed by atoms with Crippen LogP contribution in [0.25, 0.3) is 0 Å². The second-order valence-electron chi connectivity index (χ2n) is 6.18. The van der Waals surface area contributed by atoms with Crippen LogP contribution in [0.15, 0.2) is 36.9 Å². The number of nitrogens with zero attached hydrogens (tertiary/aromatic N) is 2. The fourth-order valence-electron chi connectivity index (χ4n) is 3.17. The highest BCUT2D eigenvalue weighted by molar-refractivity contribution is 5.91. The van der Waals surface area contributed by atoms with Crippen LogP contribution in [0.4, 0.5) is 10.5 Å². The number of rotatable bonds is 5. The van der Waals surface area contributed by atoms with Crippen LogP contribution in [-0.2, 0) is 0 Å². The van der Waals surface area contributed by atoms with E-state index in [2.05, 4.69) is 16.8 Å². The van der Waals surface area contributed by atoms with Gasteiger partial charge in [0.1, 0.15) is 12.4 Å². The molecule has 2 saturated heterocycles. The van der Waals surface area contributed by atoms with Crippen LogP contribution in [0.5, 0.6) is 5.75 Å². The summed E-state index contributed by atoms with van der Waals surface area (Å²) >= 11 is 0. The predicted octanol–water partition coefficient (Wildman–Crippen LogP) is 2.95. The second kappa shape index (κ2) is 7.51. The van der Waals surface area contributed by atoms with Crippen molar-refractivity contribution in [3.05, 3.63) is 36.9 Å². The van der Waals surface area contributed by atoms with Gasteiger partial charge >= 0.3 is 6.03 Å². The molecule has 2 heterocycles. The lowest BCUT2D eigenvalue weighted by Crippen LogP contribution is -2.62. The van der Waals surface area contributed by atoms with Gasteiger partial charge in [-0.3, -0.25) is 4.90 Å². The van der Waals surface area contributed by atoms with Crippen molar-refractivity contribution in [2.24, 2.45) is 0 Å². The summed E-state index contributed by atoms with van der Waals surface area (Å²) in [5.74, 6) is 0.675. The van der Waals surface area contributed by atoms with Crippen molar-refractivity contribution in [2.45, 2.75) is 25.3 Å². The number of para-hydroxylation sites is 2. The zero-order chi connectivity index (χ0) is 16.1. The zero-order valence-corrected chi connectivity index (χ0v) is 13.5. The Hall–Kier alpha value is -2.01. The molecule has 1 aromatic carbocycles. The quantitative estimate of drug-likeness (QED) is 0.850. The molecule has 23 heavy (non-hydrogen) atoms. The Balaban J connectivity index is 1.51. The molecule has 2 aliphatic rings. The average molecular weight is 315 g/mol. The van der Waals surface area contributed by atoms with Crippen molar-refractivity contribution in [3.8, 4) is 5.75 Å². The number of piperidine rings is 1. The molecule has 124 valence electrons. The maximum atomic E-state index is 12.4. The predicted molar refractivity (Wildman–Crippen MR) is 91.9 cm³/mol. The smallest absolute Gasteiger partial charge is 0.322 e. The van der Waals surface area contributed by atoms with Gasteiger partial charge in [-0.05, 0) is 38.1 Å². The molecule has 3 rings (SSSR count). The minimum Gasteiger partial charge on any atom is -0.487 e. The number of nitrogens with one attached hydrogen (secondary N) is 1. The van der Waals surface area contributed by atoms with E-state index in [1.54, 1.807) is 6.08 Å². The van der Waals surface area contributed by atoms with Crippen molar-refractivity contribution >= 4 is 11.7 Å². The lowest BCUT2D eigenvalue weighted by molar-refractivity contribution is 0.0493. The van der Waals surface area contributed by atoms with Crippen molar-refractivity contribution < 1.29 is 9.53 Å². The van der Waals surface area contributed by atoms with Crippen molar-refractivity contribution in [1.29, 1.82) is 0 Å². The Morgan fingerprint density at radius 2 is 2.00 bits per heavy atom. The number of ether oxygens (including phenoxy) is 1. The summed E-state index contributed by atoms with van der Waals surface area (Å²) in [5, 5.41) is 2.95. The summed E-state index contributed by atoms with van der Waals surface area (Å²) < 4.78 is 5.58. The molecule has 0 radical (unpaired) electrons. The van der Waals surface area contributed by atoms with Crippen LogP contribution in [0.1, 0.15) is 19.3 Å². The molecule has 0 saturated carbocycles. The van der Waals surface area contributed by atoms with Gasteiger partial charge in [0, 0.05) is 19.1 Å². The van der Waals surface area contributed by atoms with E-state index >= 15 is 0 Å². The molecule has 5 nitrogen and oxygen atoms in total. The van der Waals surface area contributed by atoms with Crippen LogP contribution in [0, 0.1) is 0 Å². The first-order valence-corrected chi connectivity index (χ1v) is 8.40. The normalized spacial score (nSPS) is 19.0.